The number of aryl methyl sites for hydroxylation is 1. The predicted octanol–water partition coefficient (Wildman–Crippen LogP) is 2.90. The van der Waals surface area contributed by atoms with Crippen LogP contribution in [-0.2, 0) is 0 Å². The topological polar surface area (TPSA) is 72.2 Å². The molecule has 2 aliphatic heterocycles. The molecule has 5 nitrogen and oxygen atoms in total. The molecule has 2 heterocycles. The number of rotatable bonds is 5. The lowest BCUT2D eigenvalue weighted by Gasteiger charge is -2.43. The minimum Gasteiger partial charge on any atom is -1.00 e. The van der Waals surface area contributed by atoms with Crippen LogP contribution in [0.3, 0.4) is 0 Å². The van der Waals surface area contributed by atoms with Crippen LogP contribution in [0.2, 0.25) is 0 Å². The van der Waals surface area contributed by atoms with Gasteiger partial charge in [-0.05, 0) is 44.5 Å². The lowest BCUT2D eigenvalue weighted by atomic mass is 9.80. The largest absolute Gasteiger partial charge is 1.00 e. The van der Waals surface area contributed by atoms with Gasteiger partial charge in [-0.3, -0.25) is 14.9 Å². The van der Waals surface area contributed by atoms with Crippen molar-refractivity contribution in [2.75, 3.05) is 11.1 Å². The van der Waals surface area contributed by atoms with Crippen LogP contribution in [-0.4, -0.2) is 31.8 Å². The molecular weight excluding hydrogens is 460 g/mol. The van der Waals surface area contributed by atoms with Crippen LogP contribution in [0.5, 0.6) is 0 Å². The second-order valence-corrected chi connectivity index (χ2v) is 12.0. The molecule has 2 aromatic rings. The summed E-state index contributed by atoms with van der Waals surface area (Å²) in [5.74, 6) is 0.747. The molecule has 0 aliphatic carbocycles. The third-order valence-corrected chi connectivity index (χ3v) is 10.8. The molecule has 1 fully saturated rings. The molecule has 2 aliphatic rings. The monoisotopic (exact) mass is 481 g/mol. The maximum Gasteiger partial charge on any atom is 0.269 e. The maximum absolute atomic E-state index is 12.7. The number of nitro groups is 1. The number of hydrogen-bond donors (Lipinski definition) is 1. The Hall–Kier alpha value is -1.35. The van der Waals surface area contributed by atoms with E-state index < -0.39 is 4.92 Å². The number of nitro benzene ring substituents is 1. The molecule has 1 saturated heterocycles. The summed E-state index contributed by atoms with van der Waals surface area (Å²) in [5.41, 5.74) is 4.28. The third-order valence-electron chi connectivity index (χ3n) is 5.39. The van der Waals surface area contributed by atoms with Crippen molar-refractivity contribution in [2.24, 2.45) is 0 Å². The zero-order valence-electron chi connectivity index (χ0n) is 16.8. The number of non-ortho nitro benzene ring substituents is 1. The molecule has 0 spiro atoms. The number of nitrogens with zero attached hydrogens (tertiary/aromatic N) is 1. The highest BCUT2D eigenvalue weighted by Gasteiger charge is 2.50. The van der Waals surface area contributed by atoms with Crippen molar-refractivity contribution in [3.63, 3.8) is 0 Å². The van der Waals surface area contributed by atoms with E-state index in [2.05, 4.69) is 44.3 Å². The summed E-state index contributed by atoms with van der Waals surface area (Å²) in [7, 11) is 3.77. The molecule has 0 saturated carbocycles. The summed E-state index contributed by atoms with van der Waals surface area (Å²) in [4.78, 5) is 23.0. The van der Waals surface area contributed by atoms with Crippen molar-refractivity contribution in [3.05, 3.63) is 69.3 Å². The number of anilines is 1. The second-order valence-electron chi connectivity index (χ2n) is 7.98. The molecule has 0 radical (unpaired) electrons. The number of nitrogens with one attached hydrogen (secondary N) is 1. The van der Waals surface area contributed by atoms with E-state index in [1.807, 2.05) is 21.6 Å². The molecule has 3 atom stereocenters. The highest BCUT2D eigenvalue weighted by Crippen LogP contribution is 2.62. The fraction of sp³-hybridized carbons (Fsp3) is 0.381. The van der Waals surface area contributed by atoms with E-state index >= 15 is 0 Å². The van der Waals surface area contributed by atoms with Crippen molar-refractivity contribution in [1.82, 2.24) is 0 Å². The van der Waals surface area contributed by atoms with Gasteiger partial charge in [0.1, 0.15) is 0 Å². The molecule has 30 heavy (non-hydrogen) atoms. The minimum atomic E-state index is -0.451. The van der Waals surface area contributed by atoms with Crippen LogP contribution < -0.4 is 17.7 Å². The van der Waals surface area contributed by atoms with E-state index in [-0.39, 0.29) is 34.0 Å². The smallest absolute Gasteiger partial charge is 0.269 e. The number of carbonyl (C=O) groups is 1. The Morgan fingerprint density at radius 2 is 1.90 bits per heavy atom. The van der Waals surface area contributed by atoms with E-state index in [9.17, 15) is 14.9 Å². The summed E-state index contributed by atoms with van der Waals surface area (Å²) < 4.78 is 0.286. The number of carbonyl (C=O) groups excluding carboxylic acids is 1. The molecule has 4 rings (SSSR count). The van der Waals surface area contributed by atoms with Crippen LogP contribution in [0.15, 0.2) is 42.5 Å². The summed E-state index contributed by atoms with van der Waals surface area (Å²) in [6.45, 7) is 6.61. The van der Waals surface area contributed by atoms with Crippen LogP contribution in [0, 0.1) is 17.0 Å². The maximum atomic E-state index is 12.7. The molecule has 2 aromatic carbocycles. The fourth-order valence-corrected chi connectivity index (χ4v) is 9.92. The number of benzene rings is 2. The first-order valence-corrected chi connectivity index (χ1v) is 12.7. The zero-order chi connectivity index (χ0) is 20.8. The molecule has 0 bridgehead atoms. The first-order valence-electron chi connectivity index (χ1n) is 9.36. The van der Waals surface area contributed by atoms with Gasteiger partial charge in [0.05, 0.1) is 15.3 Å². The van der Waals surface area contributed by atoms with Crippen molar-refractivity contribution in [3.8, 4) is 0 Å². The van der Waals surface area contributed by atoms with Crippen molar-refractivity contribution in [1.29, 1.82) is 0 Å². The van der Waals surface area contributed by atoms with Gasteiger partial charge in [-0.25, -0.2) is 0 Å². The SMILES string of the molecule is Cc1ccc2c(c1)C1C(SCC(=O)c3ccc([N+](=O)[O-])cc3)SSC1C(C)(C)N2.[Cl-]. The summed E-state index contributed by atoms with van der Waals surface area (Å²) in [6.07, 6.45) is 0. The molecule has 160 valence electrons. The number of Topliss-reactive ketones (excluding diaryl/α,β-unsaturated/α-hetero) is 1. The van der Waals surface area contributed by atoms with E-state index in [0.717, 1.165) is 0 Å². The van der Waals surface area contributed by atoms with E-state index in [4.69, 9.17) is 0 Å². The van der Waals surface area contributed by atoms with Gasteiger partial charge in [0.15, 0.2) is 5.78 Å². The highest BCUT2D eigenvalue weighted by molar-refractivity contribution is 8.79. The second kappa shape index (κ2) is 9.02. The van der Waals surface area contributed by atoms with Gasteiger partial charge in [-0.2, -0.15) is 0 Å². The van der Waals surface area contributed by atoms with Crippen molar-refractivity contribution in [2.45, 2.75) is 42.1 Å². The van der Waals surface area contributed by atoms with E-state index in [0.29, 0.717) is 22.5 Å². The van der Waals surface area contributed by atoms with Crippen LogP contribution >= 0.6 is 33.3 Å². The highest BCUT2D eigenvalue weighted by atomic mass is 35.5. The Morgan fingerprint density at radius 1 is 1.20 bits per heavy atom. The first kappa shape index (κ1) is 23.3. The molecule has 0 aromatic heterocycles. The zero-order valence-corrected chi connectivity index (χ0v) is 20.0. The third kappa shape index (κ3) is 4.47. The van der Waals surface area contributed by atoms with Gasteiger partial charge in [-0.1, -0.05) is 39.3 Å². The lowest BCUT2D eigenvalue weighted by Crippen LogP contribution is -3.00. The van der Waals surface area contributed by atoms with Crippen molar-refractivity contribution < 1.29 is 22.1 Å². The Kier molecular flexibility index (Phi) is 7.01. The van der Waals surface area contributed by atoms with Gasteiger partial charge in [0.25, 0.3) is 5.69 Å². The standard InChI is InChI=1S/C21H22N2O3S3.ClH/c1-12-4-9-16-15(10-12)18-19(21(2,3)22-16)28-29-20(18)27-11-17(24)13-5-7-14(8-6-13)23(25)26;/h4-10,18-20,22H,11H2,1-3H3;1H/p-1. The normalized spacial score (nSPS) is 23.5. The summed E-state index contributed by atoms with van der Waals surface area (Å²) >= 11 is 1.68. The predicted molar refractivity (Wildman–Crippen MR) is 124 cm³/mol. The molecular formula is C21H22ClN2O3S3-. The number of fused-ring (bicyclic) bond motifs is 3. The van der Waals surface area contributed by atoms with Crippen LogP contribution in [0.25, 0.3) is 0 Å². The summed E-state index contributed by atoms with van der Waals surface area (Å²) in [6, 6.07) is 12.5. The minimum absolute atomic E-state index is 0. The molecule has 1 N–H and O–H groups in total. The van der Waals surface area contributed by atoms with Crippen molar-refractivity contribution >= 4 is 50.5 Å². The Bertz CT molecular complexity index is 968. The average molecular weight is 482 g/mol. The Labute approximate surface area is 194 Å². The lowest BCUT2D eigenvalue weighted by molar-refractivity contribution is -0.384. The number of ketones is 1. The molecule has 9 heteroatoms. The van der Waals surface area contributed by atoms with Gasteiger partial charge >= 0.3 is 0 Å². The van der Waals surface area contributed by atoms with Gasteiger partial charge in [0, 0.05) is 40.1 Å². The van der Waals surface area contributed by atoms with E-state index in [1.165, 1.54) is 28.9 Å². The van der Waals surface area contributed by atoms with Crippen LogP contribution in [0.1, 0.15) is 41.3 Å². The Balaban J connectivity index is 0.00000256. The van der Waals surface area contributed by atoms with Gasteiger partial charge in [0.2, 0.25) is 0 Å². The van der Waals surface area contributed by atoms with E-state index in [1.54, 1.807) is 23.9 Å². The van der Waals surface area contributed by atoms with Crippen LogP contribution in [0.4, 0.5) is 11.4 Å². The number of hydrogen-bond acceptors (Lipinski definition) is 7. The summed E-state index contributed by atoms with van der Waals surface area (Å²) in [5, 5.41) is 14.9. The van der Waals surface area contributed by atoms with Gasteiger partial charge < -0.3 is 17.7 Å². The quantitative estimate of drug-likeness (QED) is 0.304. The first-order chi connectivity index (χ1) is 13.8. The fourth-order valence-electron chi connectivity index (χ4n) is 3.89. The average Bonchev–Trinajstić information content (AvgIpc) is 3.12. The van der Waals surface area contributed by atoms with Gasteiger partial charge in [-0.15, -0.1) is 11.8 Å². The number of thioether (sulfide) groups is 1. The molecule has 3 unspecified atom stereocenters. The number of halogens is 1. The molecule has 0 amide bonds. The Morgan fingerprint density at radius 3 is 2.57 bits per heavy atom.